The molecule has 2 aliphatic heterocycles. The number of nitrogens with zero attached hydrogens (tertiary/aromatic N) is 4. The van der Waals surface area contributed by atoms with Gasteiger partial charge in [-0.2, -0.15) is 5.26 Å². The Hall–Kier alpha value is -4.52. The summed E-state index contributed by atoms with van der Waals surface area (Å²) in [7, 11) is 0. The molecular weight excluding hydrogens is 540 g/mol. The highest BCUT2D eigenvalue weighted by molar-refractivity contribution is 5.98. The van der Waals surface area contributed by atoms with Crippen LogP contribution in [0, 0.1) is 17.2 Å². The summed E-state index contributed by atoms with van der Waals surface area (Å²) in [6, 6.07) is 23.1. The third kappa shape index (κ3) is 7.28. The van der Waals surface area contributed by atoms with Gasteiger partial charge in [-0.05, 0) is 92.9 Å². The standard InChI is InChI=1S/C34H36N6O3/c35-21-24-4-6-25(7-5-24)22-39-17-12-28(13-18-39)37-34(42)32-20-27-19-29(8-9-31(27)43-32)38-33(41)26-10-15-40(16-11-26)23-30-3-1-2-14-36-30/h1-9,14,19-20,26,28H,10-13,15-18,22-23H2,(H,37,42)(H,38,41). The maximum Gasteiger partial charge on any atom is 0.287 e. The van der Waals surface area contributed by atoms with Gasteiger partial charge in [0.05, 0.1) is 17.3 Å². The number of furan rings is 1. The number of carbonyl (C=O) groups is 2. The molecule has 2 saturated heterocycles. The Kier molecular flexibility index (Phi) is 8.77. The molecule has 9 heteroatoms. The summed E-state index contributed by atoms with van der Waals surface area (Å²) in [6.07, 6.45) is 5.16. The van der Waals surface area contributed by atoms with Crippen molar-refractivity contribution in [2.75, 3.05) is 31.5 Å². The number of pyridine rings is 1. The summed E-state index contributed by atoms with van der Waals surface area (Å²) in [6.45, 7) is 5.14. The van der Waals surface area contributed by atoms with Crippen LogP contribution in [-0.4, -0.2) is 58.8 Å². The highest BCUT2D eigenvalue weighted by Crippen LogP contribution is 2.26. The first kappa shape index (κ1) is 28.6. The molecule has 0 aliphatic carbocycles. The van der Waals surface area contributed by atoms with E-state index in [1.165, 1.54) is 5.56 Å². The molecule has 0 radical (unpaired) electrons. The SMILES string of the molecule is N#Cc1ccc(CN2CCC(NC(=O)c3cc4cc(NC(=O)C5CCN(Cc6ccccn6)CC5)ccc4o3)CC2)cc1. The van der Waals surface area contributed by atoms with E-state index in [-0.39, 0.29) is 29.5 Å². The van der Waals surface area contributed by atoms with Crippen LogP contribution in [0.5, 0.6) is 0 Å². The number of amides is 2. The van der Waals surface area contributed by atoms with Crippen molar-refractivity contribution in [3.8, 4) is 6.07 Å². The average Bonchev–Trinajstić information content (AvgIpc) is 3.47. The molecule has 0 saturated carbocycles. The number of fused-ring (bicyclic) bond motifs is 1. The number of aromatic nitrogens is 1. The van der Waals surface area contributed by atoms with Crippen molar-refractivity contribution in [2.24, 2.45) is 5.92 Å². The molecule has 2 N–H and O–H groups in total. The van der Waals surface area contributed by atoms with E-state index in [4.69, 9.17) is 9.68 Å². The van der Waals surface area contributed by atoms with Gasteiger partial charge in [-0.3, -0.25) is 24.4 Å². The lowest BCUT2D eigenvalue weighted by molar-refractivity contribution is -0.121. The Bertz CT molecular complexity index is 1590. The Morgan fingerprint density at radius 3 is 2.37 bits per heavy atom. The van der Waals surface area contributed by atoms with E-state index in [9.17, 15) is 9.59 Å². The highest BCUT2D eigenvalue weighted by Gasteiger charge is 2.26. The average molecular weight is 577 g/mol. The molecule has 0 bridgehead atoms. The first-order chi connectivity index (χ1) is 21.0. The van der Waals surface area contributed by atoms with Crippen molar-refractivity contribution in [3.05, 3.63) is 95.5 Å². The van der Waals surface area contributed by atoms with Crippen LogP contribution in [0.4, 0.5) is 5.69 Å². The molecule has 2 aliphatic rings. The summed E-state index contributed by atoms with van der Waals surface area (Å²) < 4.78 is 5.86. The topological polar surface area (TPSA) is 114 Å². The van der Waals surface area contributed by atoms with Gasteiger partial charge in [0.1, 0.15) is 5.58 Å². The molecule has 2 fully saturated rings. The van der Waals surface area contributed by atoms with Crippen LogP contribution in [0.25, 0.3) is 11.0 Å². The molecule has 43 heavy (non-hydrogen) atoms. The molecule has 0 spiro atoms. The fourth-order valence-corrected chi connectivity index (χ4v) is 5.99. The highest BCUT2D eigenvalue weighted by atomic mass is 16.3. The molecule has 2 aromatic heterocycles. The summed E-state index contributed by atoms with van der Waals surface area (Å²) in [5, 5.41) is 16.0. The zero-order valence-electron chi connectivity index (χ0n) is 24.2. The second-order valence-electron chi connectivity index (χ2n) is 11.6. The van der Waals surface area contributed by atoms with E-state index in [0.717, 1.165) is 76.0 Å². The van der Waals surface area contributed by atoms with Crippen molar-refractivity contribution in [3.63, 3.8) is 0 Å². The predicted molar refractivity (Wildman–Crippen MR) is 164 cm³/mol. The van der Waals surface area contributed by atoms with Crippen molar-refractivity contribution in [2.45, 2.75) is 44.8 Å². The minimum atomic E-state index is -0.218. The van der Waals surface area contributed by atoms with Crippen molar-refractivity contribution >= 4 is 28.5 Å². The van der Waals surface area contributed by atoms with Crippen LogP contribution in [-0.2, 0) is 17.9 Å². The Labute approximate surface area is 251 Å². The predicted octanol–water partition coefficient (Wildman–Crippen LogP) is 4.94. The van der Waals surface area contributed by atoms with Gasteiger partial charge in [0.25, 0.3) is 5.91 Å². The van der Waals surface area contributed by atoms with Crippen LogP contribution in [0.2, 0.25) is 0 Å². The number of likely N-dealkylation sites (tertiary alicyclic amines) is 2. The van der Waals surface area contributed by atoms with E-state index in [2.05, 4.69) is 31.5 Å². The normalized spacial score (nSPS) is 17.0. The number of carbonyl (C=O) groups excluding carboxylic acids is 2. The van der Waals surface area contributed by atoms with Gasteiger partial charge in [0, 0.05) is 55.4 Å². The number of hydrogen-bond donors (Lipinski definition) is 2. The van der Waals surface area contributed by atoms with Crippen LogP contribution in [0.3, 0.4) is 0 Å². The molecule has 4 aromatic rings. The summed E-state index contributed by atoms with van der Waals surface area (Å²) in [4.78, 5) is 35.1. The smallest absolute Gasteiger partial charge is 0.287 e. The van der Waals surface area contributed by atoms with Crippen molar-refractivity contribution in [1.82, 2.24) is 20.1 Å². The van der Waals surface area contributed by atoms with Crippen molar-refractivity contribution < 1.29 is 14.0 Å². The second-order valence-corrected chi connectivity index (χ2v) is 11.6. The maximum atomic E-state index is 13.0. The van der Waals surface area contributed by atoms with Gasteiger partial charge in [0.2, 0.25) is 5.91 Å². The first-order valence-corrected chi connectivity index (χ1v) is 15.0. The van der Waals surface area contributed by atoms with Gasteiger partial charge >= 0.3 is 0 Å². The number of rotatable bonds is 8. The van der Waals surface area contributed by atoms with Gasteiger partial charge < -0.3 is 15.1 Å². The third-order valence-electron chi connectivity index (χ3n) is 8.49. The number of hydrogen-bond acceptors (Lipinski definition) is 7. The maximum absolute atomic E-state index is 13.0. The second kappa shape index (κ2) is 13.2. The molecule has 0 atom stereocenters. The largest absolute Gasteiger partial charge is 0.451 e. The van der Waals surface area contributed by atoms with Gasteiger partial charge in [-0.25, -0.2) is 0 Å². The van der Waals surface area contributed by atoms with Crippen LogP contribution in [0.15, 0.2) is 77.3 Å². The van der Waals surface area contributed by atoms with E-state index in [0.29, 0.717) is 16.8 Å². The summed E-state index contributed by atoms with van der Waals surface area (Å²) in [5.41, 5.74) is 4.22. The molecular formula is C34H36N6O3. The zero-order chi connectivity index (χ0) is 29.6. The third-order valence-corrected chi connectivity index (χ3v) is 8.49. The number of anilines is 1. The fourth-order valence-electron chi connectivity index (χ4n) is 5.99. The monoisotopic (exact) mass is 576 g/mol. The molecule has 2 amide bonds. The van der Waals surface area contributed by atoms with Crippen LogP contribution in [0.1, 0.15) is 53.1 Å². The zero-order valence-corrected chi connectivity index (χ0v) is 24.2. The molecule has 220 valence electrons. The van der Waals surface area contributed by atoms with E-state index in [1.807, 2.05) is 60.8 Å². The van der Waals surface area contributed by atoms with E-state index in [1.54, 1.807) is 12.1 Å². The van der Waals surface area contributed by atoms with Gasteiger partial charge in [0.15, 0.2) is 5.76 Å². The van der Waals surface area contributed by atoms with Crippen LogP contribution >= 0.6 is 0 Å². The van der Waals surface area contributed by atoms with E-state index >= 15 is 0 Å². The quantitative estimate of drug-likeness (QED) is 0.305. The lowest BCUT2D eigenvalue weighted by Gasteiger charge is -2.32. The fraction of sp³-hybridized carbons (Fsp3) is 0.353. The number of nitriles is 1. The van der Waals surface area contributed by atoms with Gasteiger partial charge in [-0.15, -0.1) is 0 Å². The Balaban J connectivity index is 0.971. The van der Waals surface area contributed by atoms with Gasteiger partial charge in [-0.1, -0.05) is 18.2 Å². The van der Waals surface area contributed by atoms with Crippen LogP contribution < -0.4 is 10.6 Å². The number of piperidine rings is 2. The molecule has 0 unspecified atom stereocenters. The molecule has 2 aromatic carbocycles. The molecule has 6 rings (SSSR count). The molecule has 9 nitrogen and oxygen atoms in total. The summed E-state index contributed by atoms with van der Waals surface area (Å²) >= 11 is 0. The Morgan fingerprint density at radius 2 is 1.65 bits per heavy atom. The minimum absolute atomic E-state index is 0.0307. The first-order valence-electron chi connectivity index (χ1n) is 15.0. The Morgan fingerprint density at radius 1 is 0.907 bits per heavy atom. The van der Waals surface area contributed by atoms with Crippen molar-refractivity contribution in [1.29, 1.82) is 5.26 Å². The van der Waals surface area contributed by atoms with E-state index < -0.39 is 0 Å². The summed E-state index contributed by atoms with van der Waals surface area (Å²) in [5.74, 6) is 0.0595. The lowest BCUT2D eigenvalue weighted by atomic mass is 9.95. The lowest BCUT2D eigenvalue weighted by Crippen LogP contribution is -2.44. The number of benzene rings is 2. The molecule has 4 heterocycles. The minimum Gasteiger partial charge on any atom is -0.451 e. The number of nitrogens with one attached hydrogen (secondary N) is 2.